The highest BCUT2D eigenvalue weighted by Crippen LogP contribution is 2.13. The number of guanidine groups is 1. The van der Waals surface area contributed by atoms with Crippen molar-refractivity contribution in [2.75, 3.05) is 20.1 Å². The quantitative estimate of drug-likeness (QED) is 0.347. The van der Waals surface area contributed by atoms with Crippen LogP contribution in [0, 0.1) is 12.8 Å². The second-order valence-corrected chi connectivity index (χ2v) is 6.55. The molecule has 0 spiro atoms. The molecule has 0 amide bonds. The van der Waals surface area contributed by atoms with Crippen LogP contribution in [0.4, 0.5) is 0 Å². The summed E-state index contributed by atoms with van der Waals surface area (Å²) in [4.78, 5) is 8.59. The molecule has 2 N–H and O–H groups in total. The van der Waals surface area contributed by atoms with Crippen LogP contribution in [0.25, 0.3) is 0 Å². The number of hydrogen-bond donors (Lipinski definition) is 2. The molecule has 0 radical (unpaired) electrons. The minimum absolute atomic E-state index is 0.762. The number of aromatic nitrogens is 2. The van der Waals surface area contributed by atoms with Gasteiger partial charge in [0.15, 0.2) is 5.96 Å². The molecule has 5 heteroatoms. The normalized spacial score (nSPS) is 13.1. The molecule has 24 heavy (non-hydrogen) atoms. The van der Waals surface area contributed by atoms with E-state index in [-0.39, 0.29) is 0 Å². The SMILES string of the molecule is CCCCC(CCC)CNC(=NC)NCCCCn1ccnc1C. The van der Waals surface area contributed by atoms with Gasteiger partial charge in [-0.25, -0.2) is 4.98 Å². The van der Waals surface area contributed by atoms with Gasteiger partial charge in [0.1, 0.15) is 5.82 Å². The monoisotopic (exact) mass is 335 g/mol. The average molecular weight is 336 g/mol. The number of rotatable bonds is 12. The summed E-state index contributed by atoms with van der Waals surface area (Å²) in [5, 5.41) is 6.93. The first-order valence-corrected chi connectivity index (χ1v) is 9.63. The lowest BCUT2D eigenvalue weighted by molar-refractivity contribution is 0.423. The van der Waals surface area contributed by atoms with Crippen LogP contribution in [0.1, 0.15) is 64.6 Å². The number of hydrogen-bond acceptors (Lipinski definition) is 2. The molecule has 1 unspecified atom stereocenters. The molecular weight excluding hydrogens is 298 g/mol. The lowest BCUT2D eigenvalue weighted by Crippen LogP contribution is -2.40. The van der Waals surface area contributed by atoms with Gasteiger partial charge in [-0.1, -0.05) is 33.1 Å². The van der Waals surface area contributed by atoms with Crippen LogP contribution in [-0.4, -0.2) is 35.6 Å². The van der Waals surface area contributed by atoms with Crippen molar-refractivity contribution in [3.05, 3.63) is 18.2 Å². The first kappa shape index (κ1) is 20.5. The largest absolute Gasteiger partial charge is 0.356 e. The van der Waals surface area contributed by atoms with Crippen molar-refractivity contribution in [1.82, 2.24) is 20.2 Å². The van der Waals surface area contributed by atoms with Gasteiger partial charge in [0.25, 0.3) is 0 Å². The molecule has 0 aliphatic rings. The number of imidazole rings is 1. The van der Waals surface area contributed by atoms with E-state index in [1.54, 1.807) is 0 Å². The van der Waals surface area contributed by atoms with Crippen molar-refractivity contribution in [2.24, 2.45) is 10.9 Å². The summed E-state index contributed by atoms with van der Waals surface area (Å²) in [6, 6.07) is 0. The fraction of sp³-hybridized carbons (Fsp3) is 0.789. The summed E-state index contributed by atoms with van der Waals surface area (Å²) in [5.41, 5.74) is 0. The average Bonchev–Trinajstić information content (AvgIpc) is 2.99. The maximum Gasteiger partial charge on any atom is 0.190 e. The van der Waals surface area contributed by atoms with Gasteiger partial charge in [-0.05, 0) is 38.5 Å². The standard InChI is InChI=1S/C19H37N5/c1-5-7-11-18(10-6-2)16-23-19(20-4)22-12-8-9-14-24-15-13-21-17(24)3/h13,15,18H,5-12,14,16H2,1-4H3,(H2,20,22,23). The van der Waals surface area contributed by atoms with Crippen molar-refractivity contribution in [3.8, 4) is 0 Å². The van der Waals surface area contributed by atoms with Crippen molar-refractivity contribution in [3.63, 3.8) is 0 Å². The summed E-state index contributed by atoms with van der Waals surface area (Å²) >= 11 is 0. The summed E-state index contributed by atoms with van der Waals surface area (Å²) in [5.74, 6) is 2.79. The predicted octanol–water partition coefficient (Wildman–Crippen LogP) is 3.74. The summed E-state index contributed by atoms with van der Waals surface area (Å²) in [6.07, 6.45) is 12.7. The number of aliphatic imine (C=N–C) groups is 1. The smallest absolute Gasteiger partial charge is 0.190 e. The second kappa shape index (κ2) is 12.8. The molecule has 138 valence electrons. The Kier molecular flexibility index (Phi) is 11.0. The molecule has 0 saturated carbocycles. The third kappa shape index (κ3) is 8.37. The van der Waals surface area contributed by atoms with E-state index >= 15 is 0 Å². The first-order chi connectivity index (χ1) is 11.7. The van der Waals surface area contributed by atoms with Crippen LogP contribution in [0.2, 0.25) is 0 Å². The zero-order valence-corrected chi connectivity index (χ0v) is 16.1. The highest BCUT2D eigenvalue weighted by Gasteiger charge is 2.08. The fourth-order valence-corrected chi connectivity index (χ4v) is 2.97. The van der Waals surface area contributed by atoms with Crippen molar-refractivity contribution in [2.45, 2.75) is 72.3 Å². The zero-order chi connectivity index (χ0) is 17.6. The van der Waals surface area contributed by atoms with Gasteiger partial charge in [-0.15, -0.1) is 0 Å². The van der Waals surface area contributed by atoms with Crippen LogP contribution >= 0.6 is 0 Å². The highest BCUT2D eigenvalue weighted by molar-refractivity contribution is 5.79. The molecule has 0 fully saturated rings. The van der Waals surface area contributed by atoms with Crippen LogP contribution in [0.5, 0.6) is 0 Å². The van der Waals surface area contributed by atoms with Crippen molar-refractivity contribution < 1.29 is 0 Å². The molecular formula is C19H37N5. The van der Waals surface area contributed by atoms with Crippen LogP contribution in [0.15, 0.2) is 17.4 Å². The number of nitrogens with one attached hydrogen (secondary N) is 2. The maximum atomic E-state index is 4.34. The molecule has 0 saturated heterocycles. The van der Waals surface area contributed by atoms with Gasteiger partial charge in [-0.2, -0.15) is 0 Å². The summed E-state index contributed by atoms with van der Waals surface area (Å²) in [7, 11) is 1.85. The van der Waals surface area contributed by atoms with Gasteiger partial charge in [0.2, 0.25) is 0 Å². The molecule has 0 aromatic carbocycles. The first-order valence-electron chi connectivity index (χ1n) is 9.63. The Hall–Kier alpha value is -1.52. The summed E-state index contributed by atoms with van der Waals surface area (Å²) < 4.78 is 2.20. The number of nitrogens with zero attached hydrogens (tertiary/aromatic N) is 3. The predicted molar refractivity (Wildman–Crippen MR) is 103 cm³/mol. The Morgan fingerprint density at radius 3 is 2.62 bits per heavy atom. The highest BCUT2D eigenvalue weighted by atomic mass is 15.2. The molecule has 1 rings (SSSR count). The molecule has 1 aromatic rings. The van der Waals surface area contributed by atoms with E-state index < -0.39 is 0 Å². The molecule has 1 heterocycles. The molecule has 0 aliphatic heterocycles. The van der Waals surface area contributed by atoms with Gasteiger partial charge in [0.05, 0.1) is 0 Å². The van der Waals surface area contributed by atoms with E-state index in [0.29, 0.717) is 0 Å². The Morgan fingerprint density at radius 2 is 2.00 bits per heavy atom. The Bertz CT molecular complexity index is 452. The topological polar surface area (TPSA) is 54.2 Å². The van der Waals surface area contributed by atoms with Crippen molar-refractivity contribution in [1.29, 1.82) is 0 Å². The molecule has 1 aromatic heterocycles. The van der Waals surface area contributed by atoms with E-state index in [2.05, 4.69) is 45.9 Å². The van der Waals surface area contributed by atoms with Crippen LogP contribution in [0.3, 0.4) is 0 Å². The minimum Gasteiger partial charge on any atom is -0.356 e. The van der Waals surface area contributed by atoms with E-state index in [1.165, 1.54) is 32.1 Å². The van der Waals surface area contributed by atoms with Crippen molar-refractivity contribution >= 4 is 5.96 Å². The Balaban J connectivity index is 2.18. The summed E-state index contributed by atoms with van der Waals surface area (Å²) in [6.45, 7) is 9.61. The minimum atomic E-state index is 0.762. The second-order valence-electron chi connectivity index (χ2n) is 6.55. The molecule has 0 bridgehead atoms. The Morgan fingerprint density at radius 1 is 1.17 bits per heavy atom. The Labute approximate surface area is 148 Å². The van der Waals surface area contributed by atoms with Gasteiger partial charge >= 0.3 is 0 Å². The maximum absolute atomic E-state index is 4.34. The van der Waals surface area contributed by atoms with Gasteiger partial charge in [-0.3, -0.25) is 4.99 Å². The van der Waals surface area contributed by atoms with E-state index in [9.17, 15) is 0 Å². The lowest BCUT2D eigenvalue weighted by Gasteiger charge is -2.19. The molecule has 5 nitrogen and oxygen atoms in total. The third-order valence-electron chi connectivity index (χ3n) is 4.49. The van der Waals surface area contributed by atoms with E-state index in [0.717, 1.165) is 50.2 Å². The van der Waals surface area contributed by atoms with E-state index in [1.807, 2.05) is 19.4 Å². The number of unbranched alkanes of at least 4 members (excludes halogenated alkanes) is 2. The molecule has 1 atom stereocenters. The van der Waals surface area contributed by atoms with Crippen LogP contribution < -0.4 is 10.6 Å². The van der Waals surface area contributed by atoms with Gasteiger partial charge in [0, 0.05) is 39.1 Å². The fourth-order valence-electron chi connectivity index (χ4n) is 2.97. The van der Waals surface area contributed by atoms with E-state index in [4.69, 9.17) is 0 Å². The number of aryl methyl sites for hydroxylation is 2. The lowest BCUT2D eigenvalue weighted by atomic mass is 9.97. The molecule has 0 aliphatic carbocycles. The van der Waals surface area contributed by atoms with Crippen LogP contribution in [-0.2, 0) is 6.54 Å². The van der Waals surface area contributed by atoms with Gasteiger partial charge < -0.3 is 15.2 Å². The third-order valence-corrected chi connectivity index (χ3v) is 4.49. The zero-order valence-electron chi connectivity index (χ0n) is 16.1.